The van der Waals surface area contributed by atoms with Crippen LogP contribution in [-0.4, -0.2) is 17.0 Å². The van der Waals surface area contributed by atoms with Gasteiger partial charge in [0.05, 0.1) is 16.8 Å². The highest BCUT2D eigenvalue weighted by Crippen LogP contribution is 2.32. The summed E-state index contributed by atoms with van der Waals surface area (Å²) in [5, 5.41) is 3.37. The second-order valence-corrected chi connectivity index (χ2v) is 4.56. The predicted molar refractivity (Wildman–Crippen MR) is 77.1 cm³/mol. The van der Waals surface area contributed by atoms with Crippen LogP contribution in [0.15, 0.2) is 47.7 Å². The Morgan fingerprint density at radius 1 is 1.27 bits per heavy atom. The number of hydrogen-bond donors (Lipinski definition) is 1. The van der Waals surface area contributed by atoms with Crippen LogP contribution in [0.2, 0.25) is 5.02 Å². The van der Waals surface area contributed by atoms with Crippen molar-refractivity contribution in [2.45, 2.75) is 6.18 Å². The molecular weight excluding hydrogens is 319 g/mol. The molecule has 2 aromatic rings. The smallest absolute Gasteiger partial charge is 0.287 e. The molecule has 1 aromatic heterocycles. The molecule has 0 unspecified atom stereocenters. The second-order valence-electron chi connectivity index (χ2n) is 4.15. The van der Waals surface area contributed by atoms with Gasteiger partial charge in [-0.25, -0.2) is 4.98 Å². The summed E-state index contributed by atoms with van der Waals surface area (Å²) in [7, 11) is 0. The second kappa shape index (κ2) is 6.57. The molecule has 0 bridgehead atoms. The molecule has 1 aromatic carbocycles. The van der Waals surface area contributed by atoms with Crippen LogP contribution in [0.25, 0.3) is 0 Å². The zero-order valence-electron chi connectivity index (χ0n) is 10.9. The van der Waals surface area contributed by atoms with Gasteiger partial charge in [-0.15, -0.1) is 0 Å². The van der Waals surface area contributed by atoms with Crippen LogP contribution in [0.4, 0.5) is 19.0 Å². The van der Waals surface area contributed by atoms with Crippen LogP contribution >= 0.6 is 11.6 Å². The Hall–Kier alpha value is -2.41. The number of rotatable bonds is 4. The van der Waals surface area contributed by atoms with Crippen molar-refractivity contribution >= 4 is 29.4 Å². The molecule has 1 heterocycles. The molecule has 0 saturated heterocycles. The fourth-order valence-corrected chi connectivity index (χ4v) is 1.71. The van der Waals surface area contributed by atoms with Gasteiger partial charge in [-0.2, -0.15) is 18.3 Å². The molecule has 1 N–H and O–H groups in total. The Morgan fingerprint density at radius 3 is 2.55 bits per heavy atom. The molecule has 0 atom stereocenters. The highest BCUT2D eigenvalue weighted by molar-refractivity contribution is 6.35. The minimum absolute atomic E-state index is 0.0771. The van der Waals surface area contributed by atoms with Gasteiger partial charge in [0.2, 0.25) is 5.78 Å². The molecule has 114 valence electrons. The molecule has 0 spiro atoms. The first-order chi connectivity index (χ1) is 10.4. The number of hydrogen-bond acceptors (Lipinski definition) is 4. The Balaban J connectivity index is 2.06. The van der Waals surface area contributed by atoms with Crippen LogP contribution < -0.4 is 5.43 Å². The lowest BCUT2D eigenvalue weighted by Gasteiger charge is -2.08. The van der Waals surface area contributed by atoms with E-state index in [0.29, 0.717) is 11.8 Å². The van der Waals surface area contributed by atoms with Crippen molar-refractivity contribution in [3.8, 4) is 0 Å². The predicted octanol–water partition coefficient (Wildman–Crippen LogP) is 4.03. The summed E-state index contributed by atoms with van der Waals surface area (Å²) in [6, 6.07) is 9.10. The molecule has 2 rings (SSSR count). The van der Waals surface area contributed by atoms with Gasteiger partial charge in [0.15, 0.2) is 5.82 Å². The van der Waals surface area contributed by atoms with Crippen molar-refractivity contribution in [1.29, 1.82) is 0 Å². The van der Waals surface area contributed by atoms with Crippen LogP contribution in [-0.2, 0) is 6.18 Å². The average molecular weight is 328 g/mol. The van der Waals surface area contributed by atoms with Crippen LogP contribution in [0.3, 0.4) is 0 Å². The summed E-state index contributed by atoms with van der Waals surface area (Å²) in [6.45, 7) is 0. The molecule has 0 aliphatic rings. The van der Waals surface area contributed by atoms with Gasteiger partial charge in [0.25, 0.3) is 0 Å². The van der Waals surface area contributed by atoms with Gasteiger partial charge < -0.3 is 0 Å². The quantitative estimate of drug-likeness (QED) is 0.524. The summed E-state index contributed by atoms with van der Waals surface area (Å²) < 4.78 is 37.4. The van der Waals surface area contributed by atoms with Gasteiger partial charge >= 0.3 is 6.18 Å². The summed E-state index contributed by atoms with van der Waals surface area (Å²) in [6.07, 6.45) is -2.91. The van der Waals surface area contributed by atoms with Gasteiger partial charge in [-0.1, -0.05) is 41.9 Å². The highest BCUT2D eigenvalue weighted by atomic mass is 35.5. The highest BCUT2D eigenvalue weighted by Gasteiger charge is 2.31. The van der Waals surface area contributed by atoms with Crippen LogP contribution in [0, 0.1) is 0 Å². The molecule has 0 saturated carbocycles. The van der Waals surface area contributed by atoms with Gasteiger partial charge in [0.1, 0.15) is 0 Å². The Labute approximate surface area is 128 Å². The van der Waals surface area contributed by atoms with Gasteiger partial charge in [-0.05, 0) is 6.07 Å². The zero-order chi connectivity index (χ0) is 16.2. The standard InChI is InChI=1S/C14H9ClF3N3O/c15-11-6-10(14(16,17)18)7-19-13(11)21-20-8-12(22)9-4-2-1-3-5-9/h1-8H,(H,19,21)/b20-8-. The fourth-order valence-electron chi connectivity index (χ4n) is 1.50. The number of Topliss-reactive ketones (excluding diaryl/α,β-unsaturated/α-hetero) is 1. The Morgan fingerprint density at radius 2 is 1.95 bits per heavy atom. The number of benzene rings is 1. The van der Waals surface area contributed by atoms with E-state index in [9.17, 15) is 18.0 Å². The van der Waals surface area contributed by atoms with Crippen LogP contribution in [0.1, 0.15) is 15.9 Å². The van der Waals surface area contributed by atoms with E-state index in [-0.39, 0.29) is 16.6 Å². The SMILES string of the molecule is O=C(/C=N\Nc1ncc(C(F)(F)F)cc1Cl)c1ccccc1. The molecule has 0 aliphatic carbocycles. The third-order valence-electron chi connectivity index (χ3n) is 2.58. The first-order valence-electron chi connectivity index (χ1n) is 5.99. The van der Waals surface area contributed by atoms with Crippen LogP contribution in [0.5, 0.6) is 0 Å². The molecule has 0 radical (unpaired) electrons. The van der Waals surface area contributed by atoms with E-state index in [4.69, 9.17) is 11.6 Å². The van der Waals surface area contributed by atoms with E-state index < -0.39 is 11.7 Å². The van der Waals surface area contributed by atoms with E-state index in [1.54, 1.807) is 30.3 Å². The number of carbonyl (C=O) groups is 1. The molecule has 0 fully saturated rings. The zero-order valence-corrected chi connectivity index (χ0v) is 11.7. The molecule has 0 amide bonds. The van der Waals surface area contributed by atoms with E-state index in [0.717, 1.165) is 12.3 Å². The maximum atomic E-state index is 12.5. The average Bonchev–Trinajstić information content (AvgIpc) is 2.48. The lowest BCUT2D eigenvalue weighted by atomic mass is 10.1. The number of alkyl halides is 3. The largest absolute Gasteiger partial charge is 0.417 e. The monoisotopic (exact) mass is 327 g/mol. The van der Waals surface area contributed by atoms with E-state index in [1.165, 1.54) is 0 Å². The van der Waals surface area contributed by atoms with E-state index in [1.807, 2.05) is 0 Å². The number of anilines is 1. The summed E-state index contributed by atoms with van der Waals surface area (Å²) in [4.78, 5) is 15.2. The summed E-state index contributed by atoms with van der Waals surface area (Å²) in [5.41, 5.74) is 1.80. The third-order valence-corrected chi connectivity index (χ3v) is 2.87. The summed E-state index contributed by atoms with van der Waals surface area (Å²) >= 11 is 5.68. The van der Waals surface area contributed by atoms with Crippen molar-refractivity contribution in [2.75, 3.05) is 5.43 Å². The van der Waals surface area contributed by atoms with Crippen molar-refractivity contribution in [3.05, 3.63) is 58.7 Å². The first kappa shape index (κ1) is 16.0. The summed E-state index contributed by atoms with van der Waals surface area (Å²) in [5.74, 6) is -0.442. The van der Waals surface area contributed by atoms with Crippen molar-refractivity contribution in [2.24, 2.45) is 5.10 Å². The minimum atomic E-state index is -4.53. The number of carbonyl (C=O) groups excluding carboxylic acids is 1. The number of nitrogens with one attached hydrogen (secondary N) is 1. The first-order valence-corrected chi connectivity index (χ1v) is 6.37. The Bertz CT molecular complexity index is 702. The maximum absolute atomic E-state index is 12.5. The minimum Gasteiger partial charge on any atom is -0.287 e. The van der Waals surface area contributed by atoms with Gasteiger partial charge in [0, 0.05) is 11.8 Å². The molecule has 4 nitrogen and oxygen atoms in total. The normalized spacial score (nSPS) is 11.6. The number of hydrazone groups is 1. The number of halogens is 4. The molecule has 22 heavy (non-hydrogen) atoms. The van der Waals surface area contributed by atoms with E-state index >= 15 is 0 Å². The van der Waals surface area contributed by atoms with Gasteiger partial charge in [-0.3, -0.25) is 10.2 Å². The number of nitrogens with zero attached hydrogens (tertiary/aromatic N) is 2. The van der Waals surface area contributed by atoms with Crippen molar-refractivity contribution < 1.29 is 18.0 Å². The topological polar surface area (TPSA) is 54.4 Å². The maximum Gasteiger partial charge on any atom is 0.417 e. The molecule has 0 aliphatic heterocycles. The number of ketones is 1. The van der Waals surface area contributed by atoms with Crippen molar-refractivity contribution in [3.63, 3.8) is 0 Å². The number of aromatic nitrogens is 1. The lowest BCUT2D eigenvalue weighted by molar-refractivity contribution is -0.137. The molecule has 8 heteroatoms. The van der Waals surface area contributed by atoms with E-state index in [2.05, 4.69) is 15.5 Å². The number of pyridine rings is 1. The fraction of sp³-hybridized carbons (Fsp3) is 0.0714. The lowest BCUT2D eigenvalue weighted by Crippen LogP contribution is -2.07. The molecular formula is C14H9ClF3N3O. The van der Waals surface area contributed by atoms with Crippen molar-refractivity contribution in [1.82, 2.24) is 4.98 Å². The Kier molecular flexibility index (Phi) is 4.77. The third kappa shape index (κ3) is 4.05.